The molecule has 0 amide bonds. The molecule has 0 aliphatic rings. The molecule has 0 aliphatic carbocycles. The molecular formula is C34H36N8O3. The maximum absolute atomic E-state index is 14.3. The SMILES string of the molecule is CCCCc1nc2c(c(=O)n(C(C)c3ccccc3)c(=O)n2CCOC)n1Cc1ccc(-c2ccccc2-c2nn[nH]n2)cc1. The summed E-state index contributed by atoms with van der Waals surface area (Å²) in [7, 11) is 1.60. The average molecular weight is 605 g/mol. The first kappa shape index (κ1) is 29.9. The zero-order valence-electron chi connectivity index (χ0n) is 25.7. The Bertz CT molecular complexity index is 2010. The molecule has 0 radical (unpaired) electrons. The average Bonchev–Trinajstić information content (AvgIpc) is 3.73. The predicted octanol–water partition coefficient (Wildman–Crippen LogP) is 4.85. The van der Waals surface area contributed by atoms with E-state index in [4.69, 9.17) is 9.72 Å². The van der Waals surface area contributed by atoms with Gasteiger partial charge in [0.05, 0.1) is 19.2 Å². The fraction of sp³-hybridized carbons (Fsp3) is 0.294. The second kappa shape index (κ2) is 13.2. The van der Waals surface area contributed by atoms with Gasteiger partial charge in [-0.05, 0) is 40.8 Å². The van der Waals surface area contributed by atoms with E-state index in [-0.39, 0.29) is 12.1 Å². The van der Waals surface area contributed by atoms with Gasteiger partial charge in [-0.3, -0.25) is 13.9 Å². The number of nitrogens with one attached hydrogen (secondary N) is 1. The Hall–Kier alpha value is -5.16. The number of nitrogens with zero attached hydrogens (tertiary/aromatic N) is 7. The third kappa shape index (κ3) is 5.86. The lowest BCUT2D eigenvalue weighted by atomic mass is 9.98. The largest absolute Gasteiger partial charge is 0.383 e. The predicted molar refractivity (Wildman–Crippen MR) is 173 cm³/mol. The highest BCUT2D eigenvalue weighted by Gasteiger charge is 2.24. The van der Waals surface area contributed by atoms with Crippen LogP contribution in [0.1, 0.15) is 49.7 Å². The number of aryl methyl sites for hydroxylation is 1. The Morgan fingerprint density at radius 3 is 2.33 bits per heavy atom. The molecule has 1 atom stereocenters. The summed E-state index contributed by atoms with van der Waals surface area (Å²) in [6.45, 7) is 5.04. The summed E-state index contributed by atoms with van der Waals surface area (Å²) in [4.78, 5) is 33.2. The first-order valence-corrected chi connectivity index (χ1v) is 15.2. The van der Waals surface area contributed by atoms with E-state index in [9.17, 15) is 9.59 Å². The minimum absolute atomic E-state index is 0.284. The Morgan fingerprint density at radius 1 is 0.911 bits per heavy atom. The number of rotatable bonds is 12. The van der Waals surface area contributed by atoms with Crippen LogP contribution in [0.25, 0.3) is 33.7 Å². The van der Waals surface area contributed by atoms with Gasteiger partial charge < -0.3 is 9.30 Å². The highest BCUT2D eigenvalue weighted by molar-refractivity contribution is 5.80. The molecule has 0 saturated carbocycles. The van der Waals surface area contributed by atoms with Gasteiger partial charge in [0, 0.05) is 25.6 Å². The smallest absolute Gasteiger partial charge is 0.333 e. The van der Waals surface area contributed by atoms with E-state index in [1.807, 2.05) is 66.1 Å². The van der Waals surface area contributed by atoms with E-state index in [2.05, 4.69) is 51.8 Å². The molecule has 45 heavy (non-hydrogen) atoms. The van der Waals surface area contributed by atoms with Crippen LogP contribution in [-0.4, -0.2) is 53.0 Å². The van der Waals surface area contributed by atoms with Crippen molar-refractivity contribution in [3.63, 3.8) is 0 Å². The molecule has 0 saturated heterocycles. The molecule has 0 aliphatic heterocycles. The van der Waals surface area contributed by atoms with Crippen LogP contribution in [-0.2, 0) is 24.2 Å². The summed E-state index contributed by atoms with van der Waals surface area (Å²) in [5.41, 5.74) is 4.84. The van der Waals surface area contributed by atoms with Gasteiger partial charge in [0.25, 0.3) is 5.56 Å². The first-order valence-electron chi connectivity index (χ1n) is 15.2. The van der Waals surface area contributed by atoms with Crippen LogP contribution in [0.5, 0.6) is 0 Å². The lowest BCUT2D eigenvalue weighted by Crippen LogP contribution is -2.43. The van der Waals surface area contributed by atoms with Gasteiger partial charge in [0.1, 0.15) is 5.82 Å². The Balaban J connectivity index is 1.47. The number of aromatic amines is 1. The molecule has 1 unspecified atom stereocenters. The molecule has 3 aromatic heterocycles. The summed E-state index contributed by atoms with van der Waals surface area (Å²) >= 11 is 0. The van der Waals surface area contributed by atoms with Crippen molar-refractivity contribution in [1.82, 2.24) is 39.3 Å². The third-order valence-electron chi connectivity index (χ3n) is 8.20. The standard InChI is InChI=1S/C34H36N8O3/c1-4-5-15-29-35-32-30(33(43)42(34(44)40(32)20-21-45-3)23(2)25-11-7-6-8-12-25)41(29)22-24-16-18-26(19-17-24)27-13-9-10-14-28(27)31-36-38-39-37-31/h6-14,16-19,23H,4-5,15,20-22H2,1-3H3,(H,36,37,38,39). The molecule has 3 aromatic carbocycles. The molecule has 3 heterocycles. The second-order valence-corrected chi connectivity index (χ2v) is 11.1. The number of H-pyrrole nitrogens is 1. The highest BCUT2D eigenvalue weighted by atomic mass is 16.5. The fourth-order valence-electron chi connectivity index (χ4n) is 5.79. The van der Waals surface area contributed by atoms with Gasteiger partial charge >= 0.3 is 5.69 Å². The van der Waals surface area contributed by atoms with E-state index < -0.39 is 11.7 Å². The van der Waals surface area contributed by atoms with E-state index in [0.29, 0.717) is 36.6 Å². The molecule has 0 bridgehead atoms. The van der Waals surface area contributed by atoms with Crippen LogP contribution in [0.15, 0.2) is 88.5 Å². The lowest BCUT2D eigenvalue weighted by Gasteiger charge is -2.18. The number of benzene rings is 3. The van der Waals surface area contributed by atoms with Crippen molar-refractivity contribution in [3.05, 3.63) is 117 Å². The number of imidazole rings is 1. The first-order chi connectivity index (χ1) is 22.0. The van der Waals surface area contributed by atoms with E-state index in [0.717, 1.165) is 46.5 Å². The van der Waals surface area contributed by atoms with Gasteiger partial charge in [-0.15, -0.1) is 10.2 Å². The number of fused-ring (bicyclic) bond motifs is 1. The van der Waals surface area contributed by atoms with Crippen molar-refractivity contribution in [2.45, 2.75) is 52.2 Å². The second-order valence-electron chi connectivity index (χ2n) is 11.1. The fourth-order valence-corrected chi connectivity index (χ4v) is 5.79. The molecule has 11 nitrogen and oxygen atoms in total. The van der Waals surface area contributed by atoms with Crippen LogP contribution in [0.2, 0.25) is 0 Å². The van der Waals surface area contributed by atoms with Gasteiger partial charge in [-0.2, -0.15) is 5.21 Å². The van der Waals surface area contributed by atoms with Crippen LogP contribution < -0.4 is 11.2 Å². The molecule has 1 N–H and O–H groups in total. The van der Waals surface area contributed by atoms with Crippen molar-refractivity contribution < 1.29 is 4.74 Å². The zero-order chi connectivity index (χ0) is 31.3. The molecule has 6 rings (SSSR count). The van der Waals surface area contributed by atoms with Crippen LogP contribution in [0.4, 0.5) is 0 Å². The molecule has 11 heteroatoms. The van der Waals surface area contributed by atoms with E-state index >= 15 is 0 Å². The van der Waals surface area contributed by atoms with Gasteiger partial charge in [-0.25, -0.2) is 9.78 Å². The Morgan fingerprint density at radius 2 is 1.64 bits per heavy atom. The normalized spacial score (nSPS) is 12.2. The molecule has 0 spiro atoms. The van der Waals surface area contributed by atoms with Gasteiger partial charge in [-0.1, -0.05) is 92.2 Å². The van der Waals surface area contributed by atoms with Gasteiger partial charge in [0.2, 0.25) is 5.82 Å². The Labute approximate surface area is 260 Å². The number of hydrogen-bond donors (Lipinski definition) is 1. The maximum Gasteiger partial charge on any atom is 0.333 e. The van der Waals surface area contributed by atoms with Crippen molar-refractivity contribution in [2.75, 3.05) is 13.7 Å². The summed E-state index contributed by atoms with van der Waals surface area (Å²) in [5, 5.41) is 14.6. The van der Waals surface area contributed by atoms with Crippen LogP contribution >= 0.6 is 0 Å². The summed E-state index contributed by atoms with van der Waals surface area (Å²) in [5.74, 6) is 1.31. The van der Waals surface area contributed by atoms with Crippen molar-refractivity contribution >= 4 is 11.2 Å². The monoisotopic (exact) mass is 604 g/mol. The molecular weight excluding hydrogens is 568 g/mol. The minimum atomic E-state index is -0.467. The summed E-state index contributed by atoms with van der Waals surface area (Å²) in [6.07, 6.45) is 2.57. The van der Waals surface area contributed by atoms with Crippen molar-refractivity contribution in [3.8, 4) is 22.5 Å². The third-order valence-corrected chi connectivity index (χ3v) is 8.20. The van der Waals surface area contributed by atoms with Crippen molar-refractivity contribution in [1.29, 1.82) is 0 Å². The maximum atomic E-state index is 14.3. The van der Waals surface area contributed by atoms with E-state index in [1.54, 1.807) is 11.7 Å². The number of hydrogen-bond acceptors (Lipinski definition) is 7. The number of unbranched alkanes of at least 4 members (excludes halogenated alkanes) is 1. The summed E-state index contributed by atoms with van der Waals surface area (Å²) < 4.78 is 10.3. The number of tetrazole rings is 1. The van der Waals surface area contributed by atoms with Gasteiger partial charge in [0.15, 0.2) is 11.2 Å². The number of methoxy groups -OCH3 is 1. The van der Waals surface area contributed by atoms with Crippen LogP contribution in [0.3, 0.4) is 0 Å². The number of aromatic nitrogens is 8. The van der Waals surface area contributed by atoms with Crippen molar-refractivity contribution in [2.24, 2.45) is 0 Å². The minimum Gasteiger partial charge on any atom is -0.383 e. The molecule has 230 valence electrons. The number of ether oxygens (including phenoxy) is 1. The van der Waals surface area contributed by atoms with Crippen LogP contribution in [0, 0.1) is 0 Å². The van der Waals surface area contributed by atoms with E-state index in [1.165, 1.54) is 4.57 Å². The highest BCUT2D eigenvalue weighted by Crippen LogP contribution is 2.30. The lowest BCUT2D eigenvalue weighted by molar-refractivity contribution is 0.186. The Kier molecular flexibility index (Phi) is 8.79. The topological polar surface area (TPSA) is 126 Å². The summed E-state index contributed by atoms with van der Waals surface area (Å²) in [6, 6.07) is 25.3. The molecule has 0 fully saturated rings. The quantitative estimate of drug-likeness (QED) is 0.212. The molecule has 6 aromatic rings. The zero-order valence-corrected chi connectivity index (χ0v) is 25.7.